The number of aliphatic carboxylic acids is 1. The summed E-state index contributed by atoms with van der Waals surface area (Å²) in [6.07, 6.45) is 2.78. The van der Waals surface area contributed by atoms with E-state index in [1.165, 1.54) is 0 Å². The number of hydrogen-bond acceptors (Lipinski definition) is 3. The van der Waals surface area contributed by atoms with Crippen LogP contribution < -0.4 is 0 Å². The third kappa shape index (κ3) is 1.91. The lowest BCUT2D eigenvalue weighted by Gasteiger charge is -2.42. The zero-order valence-electron chi connectivity index (χ0n) is 10.9. The maximum absolute atomic E-state index is 12.2. The van der Waals surface area contributed by atoms with E-state index in [0.29, 0.717) is 12.8 Å². The number of carbonyl (C=O) groups excluding carboxylic acids is 2. The van der Waals surface area contributed by atoms with Crippen LogP contribution in [0.4, 0.5) is 0 Å². The van der Waals surface area contributed by atoms with Crippen LogP contribution in [0.5, 0.6) is 0 Å². The Hall–Kier alpha value is -1.39. The molecule has 1 N–H and O–H groups in total. The Bertz CT molecular complexity index is 387. The van der Waals surface area contributed by atoms with E-state index < -0.39 is 11.5 Å². The van der Waals surface area contributed by atoms with E-state index in [1.807, 2.05) is 13.8 Å². The molecule has 1 saturated heterocycles. The second-order valence-corrected chi connectivity index (χ2v) is 6.18. The SMILES string of the molecule is CC1(C)CC(=O)N(C2(C(=O)O)CCCC2)C(=O)C1. The van der Waals surface area contributed by atoms with Gasteiger partial charge in [0.25, 0.3) is 0 Å². The molecule has 2 fully saturated rings. The van der Waals surface area contributed by atoms with Gasteiger partial charge in [0.15, 0.2) is 0 Å². The van der Waals surface area contributed by atoms with Crippen LogP contribution in [0, 0.1) is 5.41 Å². The molecule has 0 unspecified atom stereocenters. The molecule has 1 saturated carbocycles. The van der Waals surface area contributed by atoms with Gasteiger partial charge in [-0.15, -0.1) is 0 Å². The fourth-order valence-electron chi connectivity index (χ4n) is 3.15. The van der Waals surface area contributed by atoms with Crippen molar-refractivity contribution in [3.05, 3.63) is 0 Å². The van der Waals surface area contributed by atoms with Crippen molar-refractivity contribution in [2.24, 2.45) is 5.41 Å². The molecule has 1 heterocycles. The van der Waals surface area contributed by atoms with Crippen LogP contribution in [0.1, 0.15) is 52.4 Å². The first kappa shape index (κ1) is 13.1. The van der Waals surface area contributed by atoms with E-state index in [9.17, 15) is 19.5 Å². The summed E-state index contributed by atoms with van der Waals surface area (Å²) in [7, 11) is 0. The van der Waals surface area contributed by atoms with Crippen LogP contribution >= 0.6 is 0 Å². The number of carbonyl (C=O) groups is 3. The third-order valence-corrected chi connectivity index (χ3v) is 4.02. The summed E-state index contributed by atoms with van der Waals surface area (Å²) in [5.74, 6) is -1.71. The number of amides is 2. The fourth-order valence-corrected chi connectivity index (χ4v) is 3.15. The van der Waals surface area contributed by atoms with Crippen molar-refractivity contribution in [2.45, 2.75) is 57.9 Å². The van der Waals surface area contributed by atoms with Crippen LogP contribution in [0.3, 0.4) is 0 Å². The summed E-state index contributed by atoms with van der Waals surface area (Å²) >= 11 is 0. The van der Waals surface area contributed by atoms with E-state index in [2.05, 4.69) is 0 Å². The molecule has 2 rings (SSSR count). The van der Waals surface area contributed by atoms with Crippen molar-refractivity contribution in [2.75, 3.05) is 0 Å². The molecule has 0 bridgehead atoms. The fraction of sp³-hybridized carbons (Fsp3) is 0.769. The van der Waals surface area contributed by atoms with Gasteiger partial charge < -0.3 is 5.11 Å². The minimum atomic E-state index is -1.27. The highest BCUT2D eigenvalue weighted by atomic mass is 16.4. The van der Waals surface area contributed by atoms with E-state index in [4.69, 9.17) is 0 Å². The summed E-state index contributed by atoms with van der Waals surface area (Å²) in [6, 6.07) is 0. The highest BCUT2D eigenvalue weighted by Crippen LogP contribution is 2.41. The molecule has 5 heteroatoms. The number of likely N-dealkylation sites (tertiary alicyclic amines) is 1. The number of rotatable bonds is 2. The number of piperidine rings is 1. The van der Waals surface area contributed by atoms with Crippen LogP contribution in [0.15, 0.2) is 0 Å². The second kappa shape index (κ2) is 4.07. The molecule has 0 aromatic rings. The minimum Gasteiger partial charge on any atom is -0.479 e. The van der Waals surface area contributed by atoms with Crippen molar-refractivity contribution in [3.63, 3.8) is 0 Å². The molecule has 5 nitrogen and oxygen atoms in total. The van der Waals surface area contributed by atoms with Crippen molar-refractivity contribution < 1.29 is 19.5 Å². The zero-order chi connectivity index (χ0) is 13.6. The quantitative estimate of drug-likeness (QED) is 0.758. The van der Waals surface area contributed by atoms with Crippen molar-refractivity contribution in [3.8, 4) is 0 Å². The Balaban J connectivity index is 2.35. The first-order valence-electron chi connectivity index (χ1n) is 6.38. The van der Waals surface area contributed by atoms with Gasteiger partial charge in [0.05, 0.1) is 0 Å². The van der Waals surface area contributed by atoms with Crippen LogP contribution in [0.2, 0.25) is 0 Å². The lowest BCUT2D eigenvalue weighted by atomic mass is 9.79. The van der Waals surface area contributed by atoms with Gasteiger partial charge in [-0.05, 0) is 18.3 Å². The normalized spacial score (nSPS) is 26.4. The summed E-state index contributed by atoms with van der Waals surface area (Å²) in [5.41, 5.74) is -1.63. The average molecular weight is 253 g/mol. The van der Waals surface area contributed by atoms with Gasteiger partial charge in [0.1, 0.15) is 5.54 Å². The molecule has 1 aliphatic carbocycles. The van der Waals surface area contributed by atoms with Gasteiger partial charge in [-0.2, -0.15) is 0 Å². The average Bonchev–Trinajstić information content (AvgIpc) is 2.64. The molecule has 0 radical (unpaired) electrons. The Morgan fingerprint density at radius 1 is 1.11 bits per heavy atom. The first-order chi connectivity index (χ1) is 8.28. The number of hydrogen-bond donors (Lipinski definition) is 1. The lowest BCUT2D eigenvalue weighted by molar-refractivity contribution is -0.171. The number of carboxylic acid groups (broad SMARTS) is 1. The van der Waals surface area contributed by atoms with Crippen LogP contribution in [-0.4, -0.2) is 33.3 Å². The van der Waals surface area contributed by atoms with Crippen LogP contribution in [0.25, 0.3) is 0 Å². The third-order valence-electron chi connectivity index (χ3n) is 4.02. The molecule has 0 aromatic heterocycles. The summed E-state index contributed by atoms with van der Waals surface area (Å²) < 4.78 is 0. The maximum Gasteiger partial charge on any atom is 0.330 e. The predicted molar refractivity (Wildman–Crippen MR) is 63.7 cm³/mol. The van der Waals surface area contributed by atoms with Crippen LogP contribution in [-0.2, 0) is 14.4 Å². The van der Waals surface area contributed by atoms with Gasteiger partial charge in [-0.25, -0.2) is 4.79 Å². The molecule has 0 aromatic carbocycles. The second-order valence-electron chi connectivity index (χ2n) is 6.18. The molecule has 2 amide bonds. The smallest absolute Gasteiger partial charge is 0.330 e. The molecule has 100 valence electrons. The van der Waals surface area contributed by atoms with E-state index in [0.717, 1.165) is 17.7 Å². The standard InChI is InChI=1S/C13H19NO4/c1-12(2)7-9(15)14(10(16)8-12)13(11(17)18)5-3-4-6-13/h3-8H2,1-2H3,(H,17,18). The highest BCUT2D eigenvalue weighted by molar-refractivity contribution is 6.03. The van der Waals surface area contributed by atoms with E-state index in [-0.39, 0.29) is 30.1 Å². The molecule has 0 atom stereocenters. The number of nitrogens with zero attached hydrogens (tertiary/aromatic N) is 1. The van der Waals surface area contributed by atoms with Gasteiger partial charge in [0, 0.05) is 12.8 Å². The Morgan fingerprint density at radius 2 is 1.56 bits per heavy atom. The largest absolute Gasteiger partial charge is 0.479 e. The maximum atomic E-state index is 12.2. The van der Waals surface area contributed by atoms with Gasteiger partial charge >= 0.3 is 5.97 Å². The summed E-state index contributed by atoms with van der Waals surface area (Å²) in [5, 5.41) is 9.44. The zero-order valence-corrected chi connectivity index (χ0v) is 10.9. The molecule has 18 heavy (non-hydrogen) atoms. The van der Waals surface area contributed by atoms with Gasteiger partial charge in [-0.3, -0.25) is 14.5 Å². The predicted octanol–water partition coefficient (Wildman–Crippen LogP) is 1.56. The Labute approximate surface area is 106 Å². The minimum absolute atomic E-state index is 0.244. The topological polar surface area (TPSA) is 74.7 Å². The lowest BCUT2D eigenvalue weighted by Crippen LogP contribution is -2.61. The summed E-state index contributed by atoms with van der Waals surface area (Å²) in [4.78, 5) is 36.9. The van der Waals surface area contributed by atoms with Crippen molar-refractivity contribution in [1.29, 1.82) is 0 Å². The van der Waals surface area contributed by atoms with Gasteiger partial charge in [-0.1, -0.05) is 26.7 Å². The molecule has 1 aliphatic heterocycles. The summed E-state index contributed by atoms with van der Waals surface area (Å²) in [6.45, 7) is 3.73. The van der Waals surface area contributed by atoms with Crippen molar-refractivity contribution in [1.82, 2.24) is 4.90 Å². The molecular weight excluding hydrogens is 234 g/mol. The Kier molecular flexibility index (Phi) is 2.95. The monoisotopic (exact) mass is 253 g/mol. The number of imide groups is 1. The van der Waals surface area contributed by atoms with Gasteiger partial charge in [0.2, 0.25) is 11.8 Å². The first-order valence-corrected chi connectivity index (χ1v) is 6.38. The Morgan fingerprint density at radius 3 is 1.94 bits per heavy atom. The van der Waals surface area contributed by atoms with Crippen molar-refractivity contribution >= 4 is 17.8 Å². The molecule has 2 aliphatic rings. The molecular formula is C13H19NO4. The highest BCUT2D eigenvalue weighted by Gasteiger charge is 2.54. The number of carboxylic acids is 1. The van der Waals surface area contributed by atoms with E-state index in [1.54, 1.807) is 0 Å². The molecule has 0 spiro atoms. The van der Waals surface area contributed by atoms with E-state index >= 15 is 0 Å².